The standard InChI is InChI=1S/C27H29N3/c1-2-11-22(15-8-4-7-14-21-12-5-3-6-13-21)26-19-23-18-24(20-29-27(23)30-26)25-16-9-10-17-28-25/h3,5-6,9-13,16-18,20H,2,4,7-8,14-15,19H2,1H3/b22-11-. The average molecular weight is 396 g/mol. The zero-order valence-electron chi connectivity index (χ0n) is 17.7. The summed E-state index contributed by atoms with van der Waals surface area (Å²) in [5.41, 5.74) is 7.26. The molecule has 0 aliphatic carbocycles. The number of allylic oxidation sites excluding steroid dienone is 2. The summed E-state index contributed by atoms with van der Waals surface area (Å²) in [5.74, 6) is 0.871. The highest BCUT2D eigenvalue weighted by Crippen LogP contribution is 2.31. The van der Waals surface area contributed by atoms with E-state index in [4.69, 9.17) is 4.99 Å². The summed E-state index contributed by atoms with van der Waals surface area (Å²) < 4.78 is 0. The fourth-order valence-electron chi connectivity index (χ4n) is 4.02. The predicted octanol–water partition coefficient (Wildman–Crippen LogP) is 6.91. The van der Waals surface area contributed by atoms with Gasteiger partial charge < -0.3 is 0 Å². The van der Waals surface area contributed by atoms with E-state index >= 15 is 0 Å². The van der Waals surface area contributed by atoms with Crippen molar-refractivity contribution >= 4 is 11.5 Å². The third-order valence-electron chi connectivity index (χ3n) is 5.58. The van der Waals surface area contributed by atoms with Crippen LogP contribution in [-0.2, 0) is 12.8 Å². The molecule has 0 N–H and O–H groups in total. The minimum absolute atomic E-state index is 0.871. The zero-order chi connectivity index (χ0) is 20.6. The number of pyridine rings is 2. The Labute approximate surface area is 179 Å². The van der Waals surface area contributed by atoms with Crippen molar-refractivity contribution in [2.24, 2.45) is 4.99 Å². The lowest BCUT2D eigenvalue weighted by molar-refractivity contribution is 0.681. The van der Waals surface area contributed by atoms with E-state index in [0.29, 0.717) is 0 Å². The summed E-state index contributed by atoms with van der Waals surface area (Å²) in [6.45, 7) is 2.20. The van der Waals surface area contributed by atoms with Gasteiger partial charge in [0.1, 0.15) is 0 Å². The molecule has 3 nitrogen and oxygen atoms in total. The van der Waals surface area contributed by atoms with E-state index in [2.05, 4.69) is 59.4 Å². The molecular formula is C27H29N3. The molecule has 0 fully saturated rings. The quantitative estimate of drug-likeness (QED) is 0.369. The maximum absolute atomic E-state index is 4.87. The summed E-state index contributed by atoms with van der Waals surface area (Å²) in [6, 6.07) is 19.0. The van der Waals surface area contributed by atoms with Gasteiger partial charge in [-0.05, 0) is 61.4 Å². The number of nitrogens with zero attached hydrogens (tertiary/aromatic N) is 3. The van der Waals surface area contributed by atoms with Crippen molar-refractivity contribution in [1.29, 1.82) is 0 Å². The minimum Gasteiger partial charge on any atom is -0.256 e. The molecule has 3 heteroatoms. The predicted molar refractivity (Wildman–Crippen MR) is 125 cm³/mol. The molecule has 0 unspecified atom stereocenters. The van der Waals surface area contributed by atoms with E-state index < -0.39 is 0 Å². The fraction of sp³-hybridized carbons (Fsp3) is 0.296. The number of hydrogen-bond donors (Lipinski definition) is 0. The van der Waals surface area contributed by atoms with Crippen LogP contribution in [0.2, 0.25) is 0 Å². The molecular weight excluding hydrogens is 366 g/mol. The van der Waals surface area contributed by atoms with Crippen molar-refractivity contribution in [2.75, 3.05) is 0 Å². The third-order valence-corrected chi connectivity index (χ3v) is 5.58. The van der Waals surface area contributed by atoms with E-state index in [9.17, 15) is 0 Å². The Morgan fingerprint density at radius 1 is 0.967 bits per heavy atom. The van der Waals surface area contributed by atoms with Gasteiger partial charge in [-0.1, -0.05) is 55.8 Å². The van der Waals surface area contributed by atoms with Gasteiger partial charge in [-0.3, -0.25) is 4.98 Å². The second-order valence-corrected chi connectivity index (χ2v) is 7.84. The van der Waals surface area contributed by atoms with E-state index in [0.717, 1.165) is 36.3 Å². The first-order valence-electron chi connectivity index (χ1n) is 11.0. The highest BCUT2D eigenvalue weighted by Gasteiger charge is 2.19. The van der Waals surface area contributed by atoms with Gasteiger partial charge in [-0.2, -0.15) is 0 Å². The van der Waals surface area contributed by atoms with Crippen molar-refractivity contribution < 1.29 is 0 Å². The van der Waals surface area contributed by atoms with Crippen molar-refractivity contribution in [1.82, 2.24) is 9.97 Å². The molecule has 30 heavy (non-hydrogen) atoms. The zero-order valence-corrected chi connectivity index (χ0v) is 17.7. The molecule has 3 heterocycles. The Morgan fingerprint density at radius 2 is 1.83 bits per heavy atom. The number of fused-ring (bicyclic) bond motifs is 1. The average Bonchev–Trinajstić information content (AvgIpc) is 3.23. The number of aryl methyl sites for hydroxylation is 1. The Balaban J connectivity index is 1.34. The summed E-state index contributed by atoms with van der Waals surface area (Å²) in [4.78, 5) is 13.9. The lowest BCUT2D eigenvalue weighted by Crippen LogP contribution is -2.03. The van der Waals surface area contributed by atoms with Crippen LogP contribution in [-0.4, -0.2) is 15.7 Å². The first kappa shape index (κ1) is 20.2. The monoisotopic (exact) mass is 395 g/mol. The smallest absolute Gasteiger partial charge is 0.155 e. The lowest BCUT2D eigenvalue weighted by atomic mass is 9.97. The number of unbranched alkanes of at least 4 members (excludes halogenated alkanes) is 2. The molecule has 4 rings (SSSR count). The highest BCUT2D eigenvalue weighted by molar-refractivity contribution is 6.05. The number of rotatable bonds is 9. The molecule has 0 saturated heterocycles. The molecule has 0 atom stereocenters. The number of aromatic nitrogens is 2. The summed E-state index contributed by atoms with van der Waals surface area (Å²) in [7, 11) is 0. The molecule has 0 spiro atoms. The molecule has 152 valence electrons. The topological polar surface area (TPSA) is 38.1 Å². The molecule has 0 radical (unpaired) electrons. The van der Waals surface area contributed by atoms with Gasteiger partial charge >= 0.3 is 0 Å². The van der Waals surface area contributed by atoms with Crippen molar-refractivity contribution in [3.8, 4) is 11.3 Å². The molecule has 3 aromatic rings. The molecule has 1 aromatic carbocycles. The molecule has 1 aliphatic rings. The van der Waals surface area contributed by atoms with Crippen LogP contribution in [0.15, 0.2) is 83.6 Å². The van der Waals surface area contributed by atoms with Gasteiger partial charge in [0.2, 0.25) is 0 Å². The molecule has 0 saturated carbocycles. The second kappa shape index (κ2) is 10.1. The highest BCUT2D eigenvalue weighted by atomic mass is 14.9. The number of aliphatic imine (C=N–C) groups is 1. The second-order valence-electron chi connectivity index (χ2n) is 7.84. The van der Waals surface area contributed by atoms with Gasteiger partial charge in [0.15, 0.2) is 5.82 Å². The van der Waals surface area contributed by atoms with Crippen molar-refractivity contribution in [3.05, 3.63) is 89.8 Å². The van der Waals surface area contributed by atoms with E-state index in [-0.39, 0.29) is 0 Å². The Hall–Kier alpha value is -3.07. The molecule has 0 bridgehead atoms. The van der Waals surface area contributed by atoms with E-state index in [1.165, 1.54) is 48.1 Å². The lowest BCUT2D eigenvalue weighted by Gasteiger charge is -2.08. The Morgan fingerprint density at radius 3 is 2.63 bits per heavy atom. The SMILES string of the molecule is CC/C=C(/CCCCCc1ccccc1)C1=Nc2ncc(-c3ccccn3)cc2C1. The molecule has 0 amide bonds. The van der Waals surface area contributed by atoms with Crippen LogP contribution in [0.4, 0.5) is 5.82 Å². The number of hydrogen-bond acceptors (Lipinski definition) is 3. The van der Waals surface area contributed by atoms with Crippen LogP contribution in [0.25, 0.3) is 11.3 Å². The molecule has 2 aromatic heterocycles. The normalized spacial score (nSPS) is 13.2. The van der Waals surface area contributed by atoms with Crippen molar-refractivity contribution in [3.63, 3.8) is 0 Å². The Bertz CT molecular complexity index is 1020. The largest absolute Gasteiger partial charge is 0.256 e. The van der Waals surface area contributed by atoms with E-state index in [1.807, 2.05) is 30.6 Å². The third kappa shape index (κ3) is 5.10. The summed E-state index contributed by atoms with van der Waals surface area (Å²) in [6.07, 6.45) is 13.9. The summed E-state index contributed by atoms with van der Waals surface area (Å²) >= 11 is 0. The Kier molecular flexibility index (Phi) is 6.81. The van der Waals surface area contributed by atoms with Crippen LogP contribution in [0.5, 0.6) is 0 Å². The molecule has 1 aliphatic heterocycles. The van der Waals surface area contributed by atoms with Gasteiger partial charge in [-0.25, -0.2) is 9.98 Å². The van der Waals surface area contributed by atoms with Crippen LogP contribution >= 0.6 is 0 Å². The van der Waals surface area contributed by atoms with Crippen LogP contribution < -0.4 is 0 Å². The maximum Gasteiger partial charge on any atom is 0.155 e. The number of benzene rings is 1. The van der Waals surface area contributed by atoms with Gasteiger partial charge in [0, 0.05) is 29.9 Å². The van der Waals surface area contributed by atoms with Gasteiger partial charge in [0.25, 0.3) is 0 Å². The van der Waals surface area contributed by atoms with Crippen molar-refractivity contribution in [2.45, 2.75) is 51.9 Å². The van der Waals surface area contributed by atoms with Crippen LogP contribution in [0, 0.1) is 0 Å². The first-order valence-corrected chi connectivity index (χ1v) is 11.0. The maximum atomic E-state index is 4.87. The van der Waals surface area contributed by atoms with E-state index in [1.54, 1.807) is 0 Å². The fourth-order valence-corrected chi connectivity index (χ4v) is 4.02. The van der Waals surface area contributed by atoms with Gasteiger partial charge in [0.05, 0.1) is 11.4 Å². The van der Waals surface area contributed by atoms with Crippen LogP contribution in [0.1, 0.15) is 50.2 Å². The first-order chi connectivity index (χ1) is 14.8. The minimum atomic E-state index is 0.871. The van der Waals surface area contributed by atoms with Gasteiger partial charge in [-0.15, -0.1) is 0 Å². The van der Waals surface area contributed by atoms with Crippen LogP contribution in [0.3, 0.4) is 0 Å². The summed E-state index contributed by atoms with van der Waals surface area (Å²) in [5, 5.41) is 0.